The molecule has 1 aliphatic heterocycles. The Kier molecular flexibility index (Phi) is 5.83. The highest BCUT2D eigenvalue weighted by Gasteiger charge is 2.36. The fraction of sp³-hybridized carbons (Fsp3) is 0.174. The molecule has 2 amide bonds. The maximum absolute atomic E-state index is 13.2. The number of aromatic hydroxyl groups is 1. The first kappa shape index (κ1) is 20.9. The highest BCUT2D eigenvalue weighted by molar-refractivity contribution is 6.40. The SMILES string of the molecule is CCCC1NC(=O)N(c2c(Cl)cccc2Cl)c2cc(O)cc(-c3ccccc3Cl)c21. The number of rotatable bonds is 4. The predicted octanol–water partition coefficient (Wildman–Crippen LogP) is 7.72. The van der Waals surface area contributed by atoms with Gasteiger partial charge in [0.05, 0.1) is 27.5 Å². The largest absolute Gasteiger partial charge is 0.508 e. The molecule has 1 aliphatic rings. The lowest BCUT2D eigenvalue weighted by atomic mass is 9.88. The first-order valence-electron chi connectivity index (χ1n) is 9.58. The van der Waals surface area contributed by atoms with Crippen LogP contribution in [0.3, 0.4) is 0 Å². The molecule has 0 saturated carbocycles. The number of phenols is 1. The quantitative estimate of drug-likeness (QED) is 0.418. The fourth-order valence-electron chi connectivity index (χ4n) is 3.90. The standard InChI is InChI=1S/C23H19Cl3N2O2/c1-2-6-19-21-15(14-7-3-4-8-16(14)24)11-13(29)12-20(21)28(23(30)27-19)22-17(25)9-5-10-18(22)26/h3-5,7-12,19,29H,2,6H2,1H3,(H,27,30). The molecule has 1 unspecified atom stereocenters. The van der Waals surface area contributed by atoms with Crippen molar-refractivity contribution in [2.75, 3.05) is 4.90 Å². The predicted molar refractivity (Wildman–Crippen MR) is 123 cm³/mol. The van der Waals surface area contributed by atoms with E-state index in [0.29, 0.717) is 26.4 Å². The number of nitrogens with one attached hydrogen (secondary N) is 1. The lowest BCUT2D eigenvalue weighted by Crippen LogP contribution is -2.44. The molecule has 0 saturated heterocycles. The summed E-state index contributed by atoms with van der Waals surface area (Å²) in [5.74, 6) is 0.0156. The Morgan fingerprint density at radius 3 is 2.30 bits per heavy atom. The van der Waals surface area contributed by atoms with E-state index >= 15 is 0 Å². The summed E-state index contributed by atoms with van der Waals surface area (Å²) in [6, 6.07) is 15.1. The van der Waals surface area contributed by atoms with Crippen molar-refractivity contribution in [2.45, 2.75) is 25.8 Å². The molecular formula is C23H19Cl3N2O2. The van der Waals surface area contributed by atoms with Crippen molar-refractivity contribution in [3.8, 4) is 16.9 Å². The van der Waals surface area contributed by atoms with E-state index in [9.17, 15) is 9.90 Å². The minimum absolute atomic E-state index is 0.0156. The van der Waals surface area contributed by atoms with Gasteiger partial charge in [0.2, 0.25) is 0 Å². The van der Waals surface area contributed by atoms with Crippen LogP contribution < -0.4 is 10.2 Å². The van der Waals surface area contributed by atoms with E-state index in [1.807, 2.05) is 18.2 Å². The molecule has 4 rings (SSSR count). The van der Waals surface area contributed by atoms with Gasteiger partial charge in [-0.3, -0.25) is 4.90 Å². The number of hydrogen-bond donors (Lipinski definition) is 2. The third kappa shape index (κ3) is 3.60. The van der Waals surface area contributed by atoms with Gasteiger partial charge >= 0.3 is 6.03 Å². The zero-order chi connectivity index (χ0) is 21.4. The number of amides is 2. The normalized spacial score (nSPS) is 15.7. The molecule has 7 heteroatoms. The van der Waals surface area contributed by atoms with Gasteiger partial charge in [0.25, 0.3) is 0 Å². The van der Waals surface area contributed by atoms with Gasteiger partial charge in [0, 0.05) is 22.2 Å². The summed E-state index contributed by atoms with van der Waals surface area (Å²) in [7, 11) is 0. The molecule has 154 valence electrons. The molecule has 2 N–H and O–H groups in total. The number of urea groups is 1. The highest BCUT2D eigenvalue weighted by Crippen LogP contribution is 2.49. The summed E-state index contributed by atoms with van der Waals surface area (Å²) in [6.07, 6.45) is 1.59. The first-order chi connectivity index (χ1) is 14.4. The molecule has 0 bridgehead atoms. The van der Waals surface area contributed by atoms with Crippen LogP contribution in [0.15, 0.2) is 54.6 Å². The Morgan fingerprint density at radius 2 is 1.63 bits per heavy atom. The van der Waals surface area contributed by atoms with Crippen molar-refractivity contribution in [1.29, 1.82) is 0 Å². The van der Waals surface area contributed by atoms with Crippen molar-refractivity contribution in [2.24, 2.45) is 0 Å². The zero-order valence-corrected chi connectivity index (χ0v) is 18.4. The average molecular weight is 462 g/mol. The number of halogens is 3. The van der Waals surface area contributed by atoms with Gasteiger partial charge in [-0.15, -0.1) is 0 Å². The molecule has 0 radical (unpaired) electrons. The van der Waals surface area contributed by atoms with Crippen molar-refractivity contribution >= 4 is 52.2 Å². The number of phenolic OH excluding ortho intramolecular Hbond substituents is 1. The fourth-order valence-corrected chi connectivity index (χ4v) is 4.71. The van der Waals surface area contributed by atoms with Gasteiger partial charge in [0.15, 0.2) is 0 Å². The van der Waals surface area contributed by atoms with Crippen LogP contribution in [0, 0.1) is 0 Å². The van der Waals surface area contributed by atoms with E-state index in [0.717, 1.165) is 29.5 Å². The summed E-state index contributed by atoms with van der Waals surface area (Å²) in [5.41, 5.74) is 3.28. The van der Waals surface area contributed by atoms with Gasteiger partial charge in [-0.05, 0) is 36.2 Å². The van der Waals surface area contributed by atoms with Gasteiger partial charge in [-0.2, -0.15) is 0 Å². The van der Waals surface area contributed by atoms with Gasteiger partial charge in [-0.25, -0.2) is 4.79 Å². The summed E-state index contributed by atoms with van der Waals surface area (Å²) < 4.78 is 0. The van der Waals surface area contributed by atoms with Crippen molar-refractivity contribution in [3.05, 3.63) is 75.2 Å². The molecule has 0 aliphatic carbocycles. The van der Waals surface area contributed by atoms with E-state index < -0.39 is 0 Å². The Bertz CT molecular complexity index is 1110. The van der Waals surface area contributed by atoms with Crippen LogP contribution >= 0.6 is 34.8 Å². The smallest absolute Gasteiger partial charge is 0.327 e. The Labute approximate surface area is 190 Å². The molecule has 0 aromatic heterocycles. The van der Waals surface area contributed by atoms with E-state index in [1.54, 1.807) is 36.4 Å². The minimum Gasteiger partial charge on any atom is -0.508 e. The van der Waals surface area contributed by atoms with E-state index in [2.05, 4.69) is 12.2 Å². The van der Waals surface area contributed by atoms with Crippen molar-refractivity contribution in [3.63, 3.8) is 0 Å². The third-order valence-corrected chi connectivity index (χ3v) is 6.08. The molecule has 1 atom stereocenters. The Morgan fingerprint density at radius 1 is 0.967 bits per heavy atom. The molecule has 0 fully saturated rings. The summed E-state index contributed by atoms with van der Waals surface area (Å²) >= 11 is 19.3. The number of nitrogens with zero attached hydrogens (tertiary/aromatic N) is 1. The number of hydrogen-bond acceptors (Lipinski definition) is 2. The maximum Gasteiger partial charge on any atom is 0.327 e. The lowest BCUT2D eigenvalue weighted by molar-refractivity contribution is 0.242. The second-order valence-electron chi connectivity index (χ2n) is 7.10. The van der Waals surface area contributed by atoms with Gasteiger partial charge in [-0.1, -0.05) is 72.4 Å². The van der Waals surface area contributed by atoms with Crippen LogP contribution in [0.2, 0.25) is 15.1 Å². The van der Waals surface area contributed by atoms with Gasteiger partial charge < -0.3 is 10.4 Å². The summed E-state index contributed by atoms with van der Waals surface area (Å²) in [4.78, 5) is 14.6. The molecule has 1 heterocycles. The summed E-state index contributed by atoms with van der Waals surface area (Å²) in [5, 5.41) is 14.9. The summed E-state index contributed by atoms with van der Waals surface area (Å²) in [6.45, 7) is 2.05. The topological polar surface area (TPSA) is 52.6 Å². The average Bonchev–Trinajstić information content (AvgIpc) is 2.69. The highest BCUT2D eigenvalue weighted by atomic mass is 35.5. The second-order valence-corrected chi connectivity index (χ2v) is 8.32. The second kappa shape index (κ2) is 8.38. The van der Waals surface area contributed by atoms with E-state index in [-0.39, 0.29) is 17.8 Å². The maximum atomic E-state index is 13.2. The van der Waals surface area contributed by atoms with Crippen LogP contribution in [0.4, 0.5) is 16.2 Å². The number of carbonyl (C=O) groups is 1. The Hall–Kier alpha value is -2.40. The number of carbonyl (C=O) groups excluding carboxylic acids is 1. The van der Waals surface area contributed by atoms with Crippen LogP contribution in [0.5, 0.6) is 5.75 Å². The van der Waals surface area contributed by atoms with E-state index in [1.165, 1.54) is 4.90 Å². The monoisotopic (exact) mass is 460 g/mol. The lowest BCUT2D eigenvalue weighted by Gasteiger charge is -2.37. The van der Waals surface area contributed by atoms with Crippen LogP contribution in [-0.2, 0) is 0 Å². The molecule has 3 aromatic rings. The van der Waals surface area contributed by atoms with E-state index in [4.69, 9.17) is 34.8 Å². The molecular weight excluding hydrogens is 443 g/mol. The molecule has 0 spiro atoms. The molecule has 4 nitrogen and oxygen atoms in total. The van der Waals surface area contributed by atoms with Crippen LogP contribution in [-0.4, -0.2) is 11.1 Å². The number of fused-ring (bicyclic) bond motifs is 1. The number of benzene rings is 3. The number of anilines is 2. The third-order valence-electron chi connectivity index (χ3n) is 5.14. The Balaban J connectivity index is 2.04. The minimum atomic E-state index is -0.355. The van der Waals surface area contributed by atoms with Crippen molar-refractivity contribution < 1.29 is 9.90 Å². The van der Waals surface area contributed by atoms with Gasteiger partial charge in [0.1, 0.15) is 5.75 Å². The first-order valence-corrected chi connectivity index (χ1v) is 10.7. The van der Waals surface area contributed by atoms with Crippen LogP contribution in [0.1, 0.15) is 31.4 Å². The zero-order valence-electron chi connectivity index (χ0n) is 16.1. The van der Waals surface area contributed by atoms with Crippen LogP contribution in [0.25, 0.3) is 11.1 Å². The molecule has 30 heavy (non-hydrogen) atoms. The molecule has 3 aromatic carbocycles. The number of para-hydroxylation sites is 1. The van der Waals surface area contributed by atoms with Crippen molar-refractivity contribution in [1.82, 2.24) is 5.32 Å².